The van der Waals surface area contributed by atoms with Gasteiger partial charge in [-0.05, 0) is 56.1 Å². The monoisotopic (exact) mass is 394 g/mol. The normalized spacial score (nSPS) is 16.4. The number of benzene rings is 1. The Balaban J connectivity index is 1.54. The Morgan fingerprint density at radius 3 is 2.59 bits per heavy atom. The highest BCUT2D eigenvalue weighted by Gasteiger charge is 2.24. The molecular formula is C19H26N2O5S. The summed E-state index contributed by atoms with van der Waals surface area (Å²) in [5.74, 6) is 2.10. The van der Waals surface area contributed by atoms with E-state index >= 15 is 0 Å². The number of rotatable bonds is 8. The molecule has 0 aliphatic carbocycles. The van der Waals surface area contributed by atoms with Crippen molar-refractivity contribution in [1.29, 1.82) is 0 Å². The molecule has 1 aromatic heterocycles. The smallest absolute Gasteiger partial charge is 0.244 e. The summed E-state index contributed by atoms with van der Waals surface area (Å²) in [6.45, 7) is 3.08. The maximum Gasteiger partial charge on any atom is 0.244 e. The molecule has 1 aromatic carbocycles. The molecule has 0 atom stereocenters. The molecule has 8 heteroatoms. The van der Waals surface area contributed by atoms with Crippen molar-refractivity contribution in [2.75, 3.05) is 33.9 Å². The molecule has 0 saturated carbocycles. The first-order valence-corrected chi connectivity index (χ1v) is 10.5. The number of hydrogen-bond donors (Lipinski definition) is 1. The van der Waals surface area contributed by atoms with Crippen molar-refractivity contribution in [3.8, 4) is 11.5 Å². The van der Waals surface area contributed by atoms with E-state index in [2.05, 4.69) is 9.62 Å². The molecule has 3 rings (SSSR count). The van der Waals surface area contributed by atoms with Crippen LogP contribution in [-0.2, 0) is 16.6 Å². The Bertz CT molecular complexity index is 828. The van der Waals surface area contributed by atoms with Crippen LogP contribution in [-0.4, -0.2) is 47.2 Å². The van der Waals surface area contributed by atoms with E-state index < -0.39 is 10.0 Å². The zero-order valence-electron chi connectivity index (χ0n) is 15.7. The zero-order chi connectivity index (χ0) is 19.3. The van der Waals surface area contributed by atoms with E-state index in [9.17, 15) is 8.42 Å². The molecule has 0 spiro atoms. The molecule has 2 heterocycles. The molecule has 1 fully saturated rings. The minimum atomic E-state index is -3.64. The number of piperidine rings is 1. The lowest BCUT2D eigenvalue weighted by Gasteiger charge is -2.31. The van der Waals surface area contributed by atoms with Gasteiger partial charge in [0.25, 0.3) is 0 Å². The lowest BCUT2D eigenvalue weighted by molar-refractivity contribution is 0.168. The molecule has 7 nitrogen and oxygen atoms in total. The van der Waals surface area contributed by atoms with Gasteiger partial charge in [0, 0.05) is 12.6 Å². The highest BCUT2D eigenvalue weighted by Crippen LogP contribution is 2.28. The summed E-state index contributed by atoms with van der Waals surface area (Å²) >= 11 is 0. The molecule has 0 bridgehead atoms. The van der Waals surface area contributed by atoms with Crippen LogP contribution in [0.1, 0.15) is 18.6 Å². The third-order valence-corrected chi connectivity index (χ3v) is 6.35. The molecule has 1 saturated heterocycles. The molecule has 2 aromatic rings. The van der Waals surface area contributed by atoms with E-state index in [1.807, 2.05) is 12.1 Å². The summed E-state index contributed by atoms with van der Waals surface area (Å²) in [4.78, 5) is 2.46. The van der Waals surface area contributed by atoms with Crippen LogP contribution in [0.3, 0.4) is 0 Å². The maximum absolute atomic E-state index is 12.7. The number of hydrogen-bond acceptors (Lipinski definition) is 6. The van der Waals surface area contributed by atoms with Crippen LogP contribution in [0.5, 0.6) is 11.5 Å². The van der Waals surface area contributed by atoms with Crippen LogP contribution in [0.2, 0.25) is 0 Å². The molecule has 1 aliphatic rings. The second kappa shape index (κ2) is 8.77. The van der Waals surface area contributed by atoms with Crippen molar-refractivity contribution in [1.82, 2.24) is 9.62 Å². The summed E-state index contributed by atoms with van der Waals surface area (Å²) in [5.41, 5.74) is 0. The van der Waals surface area contributed by atoms with Gasteiger partial charge < -0.3 is 13.9 Å². The van der Waals surface area contributed by atoms with Crippen molar-refractivity contribution in [2.24, 2.45) is 5.92 Å². The van der Waals surface area contributed by atoms with Crippen LogP contribution in [0.4, 0.5) is 0 Å². The topological polar surface area (TPSA) is 81.0 Å². The number of nitrogens with one attached hydrogen (secondary N) is 1. The predicted molar refractivity (Wildman–Crippen MR) is 101 cm³/mol. The van der Waals surface area contributed by atoms with Gasteiger partial charge in [0.05, 0.1) is 27.0 Å². The van der Waals surface area contributed by atoms with Gasteiger partial charge in [0.15, 0.2) is 0 Å². The summed E-state index contributed by atoms with van der Waals surface area (Å²) in [7, 11) is -0.667. The SMILES string of the molecule is COc1ccc(S(=O)(=O)NCC2CCN(Cc3ccco3)CC2)c(OC)c1. The second-order valence-electron chi connectivity index (χ2n) is 6.67. The van der Waals surface area contributed by atoms with Crippen LogP contribution >= 0.6 is 0 Å². The summed E-state index contributed by atoms with van der Waals surface area (Å²) in [6.07, 6.45) is 3.58. The standard InChI is InChI=1S/C19H26N2O5S/c1-24-16-5-6-19(18(12-16)25-2)27(22,23)20-13-15-7-9-21(10-8-15)14-17-4-3-11-26-17/h3-6,11-12,15,20H,7-10,13-14H2,1-2H3. The molecule has 0 radical (unpaired) electrons. The van der Waals surface area contributed by atoms with Crippen molar-refractivity contribution in [3.63, 3.8) is 0 Å². The van der Waals surface area contributed by atoms with Gasteiger partial charge in [0.2, 0.25) is 10.0 Å². The minimum Gasteiger partial charge on any atom is -0.497 e. The average Bonchev–Trinajstić information content (AvgIpc) is 3.20. The van der Waals surface area contributed by atoms with Gasteiger partial charge in [-0.3, -0.25) is 4.90 Å². The molecule has 0 unspecified atom stereocenters. The fourth-order valence-electron chi connectivity index (χ4n) is 3.27. The van der Waals surface area contributed by atoms with E-state index in [4.69, 9.17) is 13.9 Å². The highest BCUT2D eigenvalue weighted by molar-refractivity contribution is 7.89. The molecule has 1 aliphatic heterocycles. The molecule has 1 N–H and O–H groups in total. The number of sulfonamides is 1. The van der Waals surface area contributed by atoms with Crippen LogP contribution in [0.15, 0.2) is 45.9 Å². The van der Waals surface area contributed by atoms with Gasteiger partial charge in [-0.15, -0.1) is 0 Å². The number of nitrogens with zero attached hydrogens (tertiary/aromatic N) is 1. The van der Waals surface area contributed by atoms with Crippen molar-refractivity contribution < 1.29 is 22.3 Å². The lowest BCUT2D eigenvalue weighted by atomic mass is 9.97. The number of ether oxygens (including phenoxy) is 2. The quantitative estimate of drug-likeness (QED) is 0.741. The van der Waals surface area contributed by atoms with Gasteiger partial charge in [-0.2, -0.15) is 0 Å². The van der Waals surface area contributed by atoms with Crippen LogP contribution < -0.4 is 14.2 Å². The number of furan rings is 1. The Labute approximate surface area is 160 Å². The lowest BCUT2D eigenvalue weighted by Crippen LogP contribution is -2.38. The minimum absolute atomic E-state index is 0.126. The third-order valence-electron chi connectivity index (χ3n) is 4.89. The molecule has 148 valence electrons. The Morgan fingerprint density at radius 2 is 1.96 bits per heavy atom. The summed E-state index contributed by atoms with van der Waals surface area (Å²) < 4.78 is 43.8. The predicted octanol–water partition coefficient (Wildman–Crippen LogP) is 2.49. The first-order valence-electron chi connectivity index (χ1n) is 8.98. The van der Waals surface area contributed by atoms with E-state index in [-0.39, 0.29) is 10.6 Å². The second-order valence-corrected chi connectivity index (χ2v) is 8.40. The third kappa shape index (κ3) is 5.03. The molecular weight excluding hydrogens is 368 g/mol. The molecule has 0 amide bonds. The number of likely N-dealkylation sites (tertiary alicyclic amines) is 1. The van der Waals surface area contributed by atoms with Crippen molar-refractivity contribution in [3.05, 3.63) is 42.4 Å². The van der Waals surface area contributed by atoms with Gasteiger partial charge >= 0.3 is 0 Å². The fourth-order valence-corrected chi connectivity index (χ4v) is 4.54. The Kier molecular flexibility index (Phi) is 6.41. The first kappa shape index (κ1) is 19.7. The van der Waals surface area contributed by atoms with Gasteiger partial charge in [0.1, 0.15) is 22.2 Å². The van der Waals surface area contributed by atoms with E-state index in [0.29, 0.717) is 18.2 Å². The maximum atomic E-state index is 12.7. The van der Waals surface area contributed by atoms with Gasteiger partial charge in [-0.25, -0.2) is 13.1 Å². The largest absolute Gasteiger partial charge is 0.497 e. The fraction of sp³-hybridized carbons (Fsp3) is 0.474. The molecule has 27 heavy (non-hydrogen) atoms. The highest BCUT2D eigenvalue weighted by atomic mass is 32.2. The van der Waals surface area contributed by atoms with Crippen LogP contribution in [0.25, 0.3) is 0 Å². The zero-order valence-corrected chi connectivity index (χ0v) is 16.5. The summed E-state index contributed by atoms with van der Waals surface area (Å²) in [6, 6.07) is 8.56. The van der Waals surface area contributed by atoms with E-state index in [1.54, 1.807) is 18.4 Å². The van der Waals surface area contributed by atoms with Crippen molar-refractivity contribution >= 4 is 10.0 Å². The Morgan fingerprint density at radius 1 is 1.19 bits per heavy atom. The van der Waals surface area contributed by atoms with Crippen LogP contribution in [0, 0.1) is 5.92 Å². The summed E-state index contributed by atoms with van der Waals surface area (Å²) in [5, 5.41) is 0. The van der Waals surface area contributed by atoms with Gasteiger partial charge in [-0.1, -0.05) is 0 Å². The Hall–Kier alpha value is -2.03. The van der Waals surface area contributed by atoms with E-state index in [0.717, 1.165) is 38.2 Å². The number of methoxy groups -OCH3 is 2. The van der Waals surface area contributed by atoms with Crippen molar-refractivity contribution in [2.45, 2.75) is 24.3 Å². The first-order chi connectivity index (χ1) is 13.0. The van der Waals surface area contributed by atoms with E-state index in [1.165, 1.54) is 20.3 Å². The average molecular weight is 394 g/mol.